The fourth-order valence-electron chi connectivity index (χ4n) is 2.45. The third kappa shape index (κ3) is 3.33. The molecule has 3 unspecified atom stereocenters. The van der Waals surface area contributed by atoms with Crippen molar-refractivity contribution >= 4 is 5.91 Å². The predicted octanol–water partition coefficient (Wildman–Crippen LogP) is 1.16. The molecule has 19 heavy (non-hydrogen) atoms. The number of aryl methyl sites for hydroxylation is 1. The Bertz CT molecular complexity index is 446. The van der Waals surface area contributed by atoms with E-state index in [9.17, 15) is 4.79 Å². The summed E-state index contributed by atoms with van der Waals surface area (Å²) in [4.78, 5) is 12.0. The molecule has 1 aromatic rings. The highest BCUT2D eigenvalue weighted by Crippen LogP contribution is 2.22. The van der Waals surface area contributed by atoms with Gasteiger partial charge in [-0.15, -0.1) is 0 Å². The Balaban J connectivity index is 1.89. The van der Waals surface area contributed by atoms with Crippen molar-refractivity contribution in [1.29, 1.82) is 0 Å². The minimum absolute atomic E-state index is 0.0115. The molecule has 3 N–H and O–H groups in total. The number of carbonyl (C=O) groups excluding carboxylic acids is 1. The Hall–Kier alpha value is -1.39. The van der Waals surface area contributed by atoms with Crippen LogP contribution in [0.5, 0.6) is 0 Å². The number of hydrogen-bond acceptors (Lipinski definition) is 3. The van der Waals surface area contributed by atoms with Gasteiger partial charge in [-0.1, -0.05) is 24.3 Å². The van der Waals surface area contributed by atoms with Gasteiger partial charge in [-0.3, -0.25) is 4.79 Å². The maximum absolute atomic E-state index is 12.0. The Kier molecular flexibility index (Phi) is 4.56. The summed E-state index contributed by atoms with van der Waals surface area (Å²) in [6, 6.07) is 7.89. The second-order valence-electron chi connectivity index (χ2n) is 5.09. The van der Waals surface area contributed by atoms with E-state index in [1.165, 1.54) is 0 Å². The van der Waals surface area contributed by atoms with Gasteiger partial charge in [0.1, 0.15) is 0 Å². The summed E-state index contributed by atoms with van der Waals surface area (Å²) in [7, 11) is 0. The molecule has 104 valence electrons. The minimum Gasteiger partial charge on any atom is -0.376 e. The quantitative estimate of drug-likeness (QED) is 0.837. The van der Waals surface area contributed by atoms with Gasteiger partial charge in [0.05, 0.1) is 18.6 Å². The van der Waals surface area contributed by atoms with Gasteiger partial charge in [0.2, 0.25) is 5.91 Å². The van der Waals surface area contributed by atoms with Crippen LogP contribution in [-0.4, -0.2) is 30.7 Å². The second kappa shape index (κ2) is 6.17. The lowest BCUT2D eigenvalue weighted by Gasteiger charge is -2.42. The molecule has 1 aliphatic rings. The normalized spacial score (nSPS) is 25.7. The van der Waals surface area contributed by atoms with Crippen molar-refractivity contribution in [3.63, 3.8) is 0 Å². The first-order valence-electron chi connectivity index (χ1n) is 6.83. The fraction of sp³-hybridized carbons (Fsp3) is 0.533. The number of rotatable bonds is 5. The molecule has 1 aliphatic carbocycles. The smallest absolute Gasteiger partial charge is 0.224 e. The molecule has 4 nitrogen and oxygen atoms in total. The summed E-state index contributed by atoms with van der Waals surface area (Å²) in [5.74, 6) is 0.0131. The maximum atomic E-state index is 12.0. The minimum atomic E-state index is -0.0449. The van der Waals surface area contributed by atoms with Gasteiger partial charge in [-0.25, -0.2) is 0 Å². The van der Waals surface area contributed by atoms with Crippen LogP contribution in [0.4, 0.5) is 0 Å². The molecule has 1 aromatic carbocycles. The predicted molar refractivity (Wildman–Crippen MR) is 74.8 cm³/mol. The summed E-state index contributed by atoms with van der Waals surface area (Å²) >= 11 is 0. The van der Waals surface area contributed by atoms with Crippen LogP contribution < -0.4 is 11.1 Å². The van der Waals surface area contributed by atoms with Crippen LogP contribution in [0.1, 0.15) is 24.5 Å². The molecule has 1 saturated carbocycles. The first kappa shape index (κ1) is 14.0. The van der Waals surface area contributed by atoms with Gasteiger partial charge >= 0.3 is 0 Å². The third-order valence-electron chi connectivity index (χ3n) is 3.69. The highest BCUT2D eigenvalue weighted by atomic mass is 16.5. The van der Waals surface area contributed by atoms with Crippen LogP contribution in [0.3, 0.4) is 0 Å². The van der Waals surface area contributed by atoms with Gasteiger partial charge in [-0.05, 0) is 31.4 Å². The van der Waals surface area contributed by atoms with Crippen LogP contribution >= 0.6 is 0 Å². The van der Waals surface area contributed by atoms with Crippen molar-refractivity contribution in [2.45, 2.75) is 44.9 Å². The summed E-state index contributed by atoms with van der Waals surface area (Å²) < 4.78 is 5.54. The standard InChI is InChI=1S/C15H22N2O2/c1-3-19-13-9-12(16)15(13)17-14(18)8-11-7-5-4-6-10(11)2/h4-7,12-13,15H,3,8-9,16H2,1-2H3,(H,17,18). The molecule has 0 heterocycles. The summed E-state index contributed by atoms with van der Waals surface area (Å²) in [5, 5.41) is 2.99. The first-order chi connectivity index (χ1) is 9.11. The number of hydrogen-bond donors (Lipinski definition) is 2. The molecule has 0 bridgehead atoms. The zero-order valence-electron chi connectivity index (χ0n) is 11.6. The Morgan fingerprint density at radius 3 is 2.84 bits per heavy atom. The van der Waals surface area contributed by atoms with E-state index >= 15 is 0 Å². The Morgan fingerprint density at radius 2 is 2.21 bits per heavy atom. The third-order valence-corrected chi connectivity index (χ3v) is 3.69. The number of carbonyl (C=O) groups is 1. The molecule has 3 atom stereocenters. The SMILES string of the molecule is CCOC1CC(N)C1NC(=O)Cc1ccccc1C. The van der Waals surface area contributed by atoms with E-state index in [2.05, 4.69) is 5.32 Å². The zero-order valence-corrected chi connectivity index (χ0v) is 11.6. The van der Waals surface area contributed by atoms with Crippen LogP contribution in [0.2, 0.25) is 0 Å². The molecule has 0 aromatic heterocycles. The molecule has 1 amide bonds. The van der Waals surface area contributed by atoms with Crippen LogP contribution in [0, 0.1) is 6.92 Å². The van der Waals surface area contributed by atoms with E-state index in [-0.39, 0.29) is 24.1 Å². The van der Waals surface area contributed by atoms with Gasteiger partial charge in [0.15, 0.2) is 0 Å². The van der Waals surface area contributed by atoms with E-state index in [0.717, 1.165) is 17.5 Å². The van der Waals surface area contributed by atoms with Crippen molar-refractivity contribution in [2.24, 2.45) is 5.73 Å². The zero-order chi connectivity index (χ0) is 13.8. The lowest BCUT2D eigenvalue weighted by molar-refractivity contribution is -0.125. The maximum Gasteiger partial charge on any atom is 0.224 e. The molecule has 1 fully saturated rings. The van der Waals surface area contributed by atoms with Crippen molar-refractivity contribution in [3.05, 3.63) is 35.4 Å². The summed E-state index contributed by atoms with van der Waals surface area (Å²) in [6.07, 6.45) is 1.29. The Morgan fingerprint density at radius 1 is 1.47 bits per heavy atom. The molecule has 0 spiro atoms. The second-order valence-corrected chi connectivity index (χ2v) is 5.09. The van der Waals surface area contributed by atoms with Crippen molar-refractivity contribution in [2.75, 3.05) is 6.61 Å². The van der Waals surface area contributed by atoms with E-state index in [0.29, 0.717) is 13.0 Å². The van der Waals surface area contributed by atoms with Crippen molar-refractivity contribution in [3.8, 4) is 0 Å². The molecule has 0 aliphatic heterocycles. The van der Waals surface area contributed by atoms with Crippen molar-refractivity contribution < 1.29 is 9.53 Å². The van der Waals surface area contributed by atoms with E-state index in [1.807, 2.05) is 38.1 Å². The number of amides is 1. The highest BCUT2D eigenvalue weighted by Gasteiger charge is 2.40. The largest absolute Gasteiger partial charge is 0.376 e. The van der Waals surface area contributed by atoms with Crippen LogP contribution in [-0.2, 0) is 16.0 Å². The topological polar surface area (TPSA) is 64.3 Å². The van der Waals surface area contributed by atoms with Crippen molar-refractivity contribution in [1.82, 2.24) is 5.32 Å². The molecular weight excluding hydrogens is 240 g/mol. The molecule has 2 rings (SSSR count). The highest BCUT2D eigenvalue weighted by molar-refractivity contribution is 5.79. The molecule has 0 radical (unpaired) electrons. The van der Waals surface area contributed by atoms with Crippen LogP contribution in [0.15, 0.2) is 24.3 Å². The lowest BCUT2D eigenvalue weighted by atomic mass is 9.83. The monoisotopic (exact) mass is 262 g/mol. The fourth-order valence-corrected chi connectivity index (χ4v) is 2.45. The average molecular weight is 262 g/mol. The number of nitrogens with two attached hydrogens (primary N) is 1. The summed E-state index contributed by atoms with van der Waals surface area (Å²) in [5.41, 5.74) is 8.11. The molecular formula is C15H22N2O2. The molecule has 4 heteroatoms. The summed E-state index contributed by atoms with van der Waals surface area (Å²) in [6.45, 7) is 4.62. The van der Waals surface area contributed by atoms with Gasteiger partial charge in [0.25, 0.3) is 0 Å². The van der Waals surface area contributed by atoms with E-state index < -0.39 is 0 Å². The lowest BCUT2D eigenvalue weighted by Crippen LogP contribution is -2.65. The Labute approximate surface area is 114 Å². The first-order valence-corrected chi connectivity index (χ1v) is 6.83. The number of benzene rings is 1. The number of ether oxygens (including phenoxy) is 1. The van der Waals surface area contributed by atoms with Gasteiger partial charge in [0, 0.05) is 12.6 Å². The molecule has 0 saturated heterocycles. The van der Waals surface area contributed by atoms with E-state index in [1.54, 1.807) is 0 Å². The van der Waals surface area contributed by atoms with Crippen LogP contribution in [0.25, 0.3) is 0 Å². The van der Waals surface area contributed by atoms with Gasteiger partial charge < -0.3 is 15.8 Å². The number of nitrogens with one attached hydrogen (secondary N) is 1. The van der Waals surface area contributed by atoms with E-state index in [4.69, 9.17) is 10.5 Å². The average Bonchev–Trinajstić information content (AvgIpc) is 2.39. The van der Waals surface area contributed by atoms with Gasteiger partial charge in [-0.2, -0.15) is 0 Å².